The minimum Gasteiger partial charge on any atom is -0.374 e. The van der Waals surface area contributed by atoms with E-state index in [2.05, 4.69) is 73.9 Å². The number of nitrogens with one attached hydrogen (secondary N) is 2. The highest BCUT2D eigenvalue weighted by atomic mass is 19.3. The number of carbonyl (C=O) groups is 3. The average molecular weight is 913 g/mol. The first-order valence-electron chi connectivity index (χ1n) is 23.3. The van der Waals surface area contributed by atoms with Crippen LogP contribution >= 0.6 is 0 Å². The second-order valence-electron chi connectivity index (χ2n) is 20.4. The van der Waals surface area contributed by atoms with Gasteiger partial charge in [0.1, 0.15) is 55.4 Å². The van der Waals surface area contributed by atoms with Crippen LogP contribution < -0.4 is 21.2 Å². The number of para-hydroxylation sites is 1. The molecular formula is C44H53B4F2N11O6. The standard InChI is InChI=1S/C44H53B4F2N11O6/c1-56-36-25(4-2-6-31(36)61(42(56)65)32-7-8-34(62)54-40(32)64)5-3-15-66-27-9-12-57(13-10-27)20-24-17-43(45,46)41(44(47,48)18-24)60-22-30(35(55-60)37(49)50)52-39(63)29-19-51-59-14-11-33(53-38(29)59)58-21-28-16-26(58)23-67-28/h2,4,6,11,14,19,22,24,26-28,32,37,41H,7-10,12-13,15-18,20-21,23,45-48H2,1H3,(H,52,63)(H,54,62,64)/t24-,26-,28-,32?,41-/m1/s1. The third-order valence-electron chi connectivity index (χ3n) is 14.7. The summed E-state index contributed by atoms with van der Waals surface area (Å²) >= 11 is 0. The molecule has 2 N–H and O–H groups in total. The van der Waals surface area contributed by atoms with E-state index in [-0.39, 0.29) is 77.0 Å². The fraction of sp³-hybridized carbons (Fsp3) is 0.523. The molecule has 10 rings (SSSR count). The number of imide groups is 1. The first-order valence-corrected chi connectivity index (χ1v) is 23.3. The number of amides is 3. The SMILES string of the molecule is BC1(B)C[C@H](CN2CCC(OCC#Cc3cccc4c3n(C)c(=O)n4C3CCC(=O)NC3=O)CC2)CC(B)(B)[C@H]1n1cc(NC(=O)c2cnn3ccc(N4C[C@H]5C[C@@H]4CO5)nc23)c(C(F)F)n1. The van der Waals surface area contributed by atoms with Gasteiger partial charge >= 0.3 is 5.69 Å². The predicted octanol–water partition coefficient (Wildman–Crippen LogP) is -0.0271. The molecule has 1 aliphatic carbocycles. The van der Waals surface area contributed by atoms with Gasteiger partial charge in [0.05, 0.1) is 53.3 Å². The van der Waals surface area contributed by atoms with Crippen LogP contribution in [0.15, 0.2) is 47.7 Å². The number of likely N-dealkylation sites (tertiary alicyclic amines) is 1. The third kappa shape index (κ3) is 8.49. The molecule has 4 saturated heterocycles. The number of halogens is 2. The zero-order valence-corrected chi connectivity index (χ0v) is 38.5. The van der Waals surface area contributed by atoms with E-state index in [1.165, 1.54) is 19.8 Å². The van der Waals surface area contributed by atoms with Gasteiger partial charge in [-0.2, -0.15) is 10.2 Å². The highest BCUT2D eigenvalue weighted by Crippen LogP contribution is 2.58. The van der Waals surface area contributed by atoms with Gasteiger partial charge in [-0.1, -0.05) is 41.2 Å². The maximum absolute atomic E-state index is 14.7. The van der Waals surface area contributed by atoms with Crippen LogP contribution in [0.4, 0.5) is 20.3 Å². The highest BCUT2D eigenvalue weighted by Gasteiger charge is 2.49. The molecule has 4 aliphatic heterocycles. The summed E-state index contributed by atoms with van der Waals surface area (Å²) < 4.78 is 47.5. The van der Waals surface area contributed by atoms with Crippen LogP contribution in [0, 0.1) is 17.8 Å². The Morgan fingerprint density at radius 3 is 2.57 bits per heavy atom. The number of benzene rings is 1. The number of nitrogens with zero attached hydrogens (tertiary/aromatic N) is 9. The topological polar surface area (TPSA) is 175 Å². The summed E-state index contributed by atoms with van der Waals surface area (Å²) in [6.07, 6.45) is 6.89. The molecule has 5 fully saturated rings. The maximum Gasteiger partial charge on any atom is 0.329 e. The average Bonchev–Trinajstić information content (AvgIpc) is 4.12. The number of hydrogen-bond donors (Lipinski definition) is 2. The Labute approximate surface area is 389 Å². The lowest BCUT2D eigenvalue weighted by molar-refractivity contribution is -0.135. The van der Waals surface area contributed by atoms with Crippen LogP contribution in [0.25, 0.3) is 16.7 Å². The number of aryl methyl sites for hydroxylation is 1. The summed E-state index contributed by atoms with van der Waals surface area (Å²) in [7, 11) is 10.4. The number of carbonyl (C=O) groups excluding carboxylic acids is 3. The molecule has 17 nitrogen and oxygen atoms in total. The summed E-state index contributed by atoms with van der Waals surface area (Å²) in [6, 6.07) is 6.55. The van der Waals surface area contributed by atoms with Crippen LogP contribution in [-0.4, -0.2) is 145 Å². The van der Waals surface area contributed by atoms with E-state index >= 15 is 0 Å². The summed E-state index contributed by atoms with van der Waals surface area (Å²) in [5, 5.41) is 13.3. The van der Waals surface area contributed by atoms with E-state index in [0.29, 0.717) is 34.8 Å². The third-order valence-corrected chi connectivity index (χ3v) is 14.7. The van der Waals surface area contributed by atoms with Gasteiger partial charge in [0.25, 0.3) is 12.3 Å². The van der Waals surface area contributed by atoms with Crippen LogP contribution in [0.1, 0.15) is 85.1 Å². The molecule has 1 aromatic carbocycles. The minimum absolute atomic E-state index is 0.0275. The van der Waals surface area contributed by atoms with Gasteiger partial charge in [0, 0.05) is 58.1 Å². The van der Waals surface area contributed by atoms with Crippen molar-refractivity contribution >= 4 is 77.3 Å². The monoisotopic (exact) mass is 913 g/mol. The number of piperidine rings is 2. The van der Waals surface area contributed by atoms with Gasteiger partial charge in [-0.3, -0.25) is 33.5 Å². The first-order chi connectivity index (χ1) is 32.0. The Bertz CT molecular complexity index is 2880. The van der Waals surface area contributed by atoms with Crippen molar-refractivity contribution < 1.29 is 32.6 Å². The van der Waals surface area contributed by atoms with Crippen molar-refractivity contribution in [3.63, 3.8) is 0 Å². The zero-order valence-electron chi connectivity index (χ0n) is 38.5. The summed E-state index contributed by atoms with van der Waals surface area (Å²) in [6.45, 7) is 4.27. The molecule has 8 heterocycles. The number of hydrogen-bond acceptors (Lipinski definition) is 11. The van der Waals surface area contributed by atoms with Crippen molar-refractivity contribution in [3.8, 4) is 11.8 Å². The molecule has 23 heteroatoms. The lowest BCUT2D eigenvalue weighted by atomic mass is 9.32. The van der Waals surface area contributed by atoms with Gasteiger partial charge < -0.3 is 24.6 Å². The predicted molar refractivity (Wildman–Crippen MR) is 256 cm³/mol. The van der Waals surface area contributed by atoms with Crippen molar-refractivity contribution in [3.05, 3.63) is 70.2 Å². The number of morpholine rings is 1. The number of fused-ring (bicyclic) bond motifs is 4. The van der Waals surface area contributed by atoms with Gasteiger partial charge in [-0.25, -0.2) is 23.1 Å². The lowest BCUT2D eigenvalue weighted by Gasteiger charge is -2.53. The van der Waals surface area contributed by atoms with Gasteiger partial charge in [0.15, 0.2) is 11.3 Å². The molecule has 1 saturated carbocycles. The van der Waals surface area contributed by atoms with Crippen LogP contribution in [0.3, 0.4) is 0 Å². The molecule has 0 radical (unpaired) electrons. The number of imidazole rings is 1. The van der Waals surface area contributed by atoms with E-state index in [1.807, 2.05) is 18.2 Å². The van der Waals surface area contributed by atoms with Crippen LogP contribution in [-0.2, 0) is 26.1 Å². The number of aromatic nitrogens is 7. The molecule has 3 amide bonds. The van der Waals surface area contributed by atoms with Crippen molar-refractivity contribution in [1.82, 2.24) is 43.7 Å². The van der Waals surface area contributed by atoms with Crippen molar-refractivity contribution in [1.29, 1.82) is 0 Å². The molecule has 4 aromatic heterocycles. The lowest BCUT2D eigenvalue weighted by Crippen LogP contribution is -2.48. The maximum atomic E-state index is 14.7. The fourth-order valence-electron chi connectivity index (χ4n) is 12.2. The number of anilines is 2. The van der Waals surface area contributed by atoms with E-state index < -0.39 is 30.0 Å². The Balaban J connectivity index is 0.751. The quantitative estimate of drug-likeness (QED) is 0.110. The number of ether oxygens (including phenoxy) is 2. The summed E-state index contributed by atoms with van der Waals surface area (Å²) in [5.74, 6) is 6.01. The first kappa shape index (κ1) is 45.1. The van der Waals surface area contributed by atoms with Crippen LogP contribution in [0.5, 0.6) is 0 Å². The van der Waals surface area contributed by atoms with Gasteiger partial charge in [-0.05, 0) is 49.8 Å². The van der Waals surface area contributed by atoms with Crippen molar-refractivity contribution in [2.24, 2.45) is 13.0 Å². The van der Waals surface area contributed by atoms with Gasteiger partial charge in [0.2, 0.25) is 11.8 Å². The fourth-order valence-corrected chi connectivity index (χ4v) is 12.2. The molecule has 67 heavy (non-hydrogen) atoms. The number of alkyl halides is 2. The van der Waals surface area contributed by atoms with E-state index in [4.69, 9.17) is 14.5 Å². The van der Waals surface area contributed by atoms with Gasteiger partial charge in [-0.15, -0.1) is 0 Å². The molecule has 346 valence electrons. The van der Waals surface area contributed by atoms with Crippen LogP contribution in [0.2, 0.25) is 10.4 Å². The second kappa shape index (κ2) is 17.4. The van der Waals surface area contributed by atoms with E-state index in [1.54, 1.807) is 30.2 Å². The van der Waals surface area contributed by atoms with Crippen molar-refractivity contribution in [2.45, 2.75) is 92.1 Å². The number of rotatable bonds is 10. The second-order valence-corrected chi connectivity index (χ2v) is 20.4. The molecule has 1 unspecified atom stereocenters. The molecule has 5 aromatic rings. The molecular weight excluding hydrogens is 860 g/mol. The molecule has 3 atom stereocenters. The Hall–Kier alpha value is -5.71. The molecule has 5 aliphatic rings. The van der Waals surface area contributed by atoms with E-state index in [0.717, 1.165) is 64.1 Å². The normalized spacial score (nSPS) is 25.2. The highest BCUT2D eigenvalue weighted by molar-refractivity contribution is 6.45. The summed E-state index contributed by atoms with van der Waals surface area (Å²) in [5.41, 5.74) is 1.56. The molecule has 0 spiro atoms. The van der Waals surface area contributed by atoms with E-state index in [9.17, 15) is 28.0 Å². The Morgan fingerprint density at radius 1 is 1.09 bits per heavy atom. The Morgan fingerprint density at radius 2 is 1.87 bits per heavy atom. The van der Waals surface area contributed by atoms with Crippen molar-refractivity contribution in [2.75, 3.05) is 49.6 Å². The zero-order chi connectivity index (χ0) is 46.9. The Kier molecular flexibility index (Phi) is 11.7. The largest absolute Gasteiger partial charge is 0.374 e. The molecule has 2 bridgehead atoms. The summed E-state index contributed by atoms with van der Waals surface area (Å²) in [4.78, 5) is 60.9. The minimum atomic E-state index is -2.90. The smallest absolute Gasteiger partial charge is 0.329 e.